The SMILES string of the molecule is CC(C)C1CCCC(NC(C)C(C)(C)C)CC1. The minimum atomic E-state index is 0.379. The van der Waals surface area contributed by atoms with E-state index in [0.717, 1.165) is 17.9 Å². The van der Waals surface area contributed by atoms with Gasteiger partial charge < -0.3 is 5.32 Å². The molecule has 102 valence electrons. The van der Waals surface area contributed by atoms with Crippen molar-refractivity contribution in [2.75, 3.05) is 0 Å². The summed E-state index contributed by atoms with van der Waals surface area (Å²) in [6.07, 6.45) is 7.04. The lowest BCUT2D eigenvalue weighted by molar-refractivity contribution is 0.251. The van der Waals surface area contributed by atoms with Crippen molar-refractivity contribution in [3.8, 4) is 0 Å². The van der Waals surface area contributed by atoms with Crippen molar-refractivity contribution < 1.29 is 0 Å². The summed E-state index contributed by atoms with van der Waals surface area (Å²) in [5.41, 5.74) is 0.379. The third kappa shape index (κ3) is 4.99. The van der Waals surface area contributed by atoms with Crippen LogP contribution >= 0.6 is 0 Å². The van der Waals surface area contributed by atoms with Gasteiger partial charge in [-0.1, -0.05) is 47.5 Å². The van der Waals surface area contributed by atoms with Crippen LogP contribution in [0, 0.1) is 17.3 Å². The Morgan fingerprint density at radius 3 is 2.12 bits per heavy atom. The van der Waals surface area contributed by atoms with Crippen LogP contribution in [-0.4, -0.2) is 12.1 Å². The lowest BCUT2D eigenvalue weighted by Crippen LogP contribution is -2.43. The molecule has 0 aromatic carbocycles. The van der Waals surface area contributed by atoms with E-state index in [9.17, 15) is 0 Å². The van der Waals surface area contributed by atoms with Crippen LogP contribution in [0.25, 0.3) is 0 Å². The van der Waals surface area contributed by atoms with Crippen molar-refractivity contribution >= 4 is 0 Å². The molecule has 0 heterocycles. The van der Waals surface area contributed by atoms with Gasteiger partial charge in [0.2, 0.25) is 0 Å². The molecule has 0 aromatic rings. The summed E-state index contributed by atoms with van der Waals surface area (Å²) in [5.74, 6) is 1.83. The summed E-state index contributed by atoms with van der Waals surface area (Å²) in [5, 5.41) is 3.86. The van der Waals surface area contributed by atoms with E-state index in [2.05, 4.69) is 46.9 Å². The highest BCUT2D eigenvalue weighted by molar-refractivity contribution is 4.83. The van der Waals surface area contributed by atoms with Gasteiger partial charge in [-0.3, -0.25) is 0 Å². The highest BCUT2D eigenvalue weighted by Crippen LogP contribution is 2.30. The molecule has 1 aliphatic rings. The van der Waals surface area contributed by atoms with Gasteiger partial charge in [-0.05, 0) is 43.4 Å². The van der Waals surface area contributed by atoms with Gasteiger partial charge in [0.25, 0.3) is 0 Å². The van der Waals surface area contributed by atoms with Gasteiger partial charge in [0.05, 0.1) is 0 Å². The Labute approximate surface area is 109 Å². The first kappa shape index (κ1) is 15.0. The minimum absolute atomic E-state index is 0.379. The molecule has 0 radical (unpaired) electrons. The van der Waals surface area contributed by atoms with Crippen molar-refractivity contribution in [3.05, 3.63) is 0 Å². The number of nitrogens with one attached hydrogen (secondary N) is 1. The standard InChI is InChI=1S/C16H33N/c1-12(2)14-8-7-9-15(11-10-14)17-13(3)16(4,5)6/h12-15,17H,7-11H2,1-6H3. The zero-order chi connectivity index (χ0) is 13.1. The van der Waals surface area contributed by atoms with Gasteiger partial charge in [-0.25, -0.2) is 0 Å². The van der Waals surface area contributed by atoms with Crippen LogP contribution in [0.2, 0.25) is 0 Å². The first-order chi connectivity index (χ1) is 7.80. The van der Waals surface area contributed by atoms with Crippen molar-refractivity contribution in [3.63, 3.8) is 0 Å². The molecule has 0 saturated heterocycles. The average Bonchev–Trinajstić information content (AvgIpc) is 2.41. The molecular formula is C16H33N. The molecule has 1 N–H and O–H groups in total. The topological polar surface area (TPSA) is 12.0 Å². The molecule has 3 unspecified atom stereocenters. The Morgan fingerprint density at radius 2 is 1.59 bits per heavy atom. The Bertz CT molecular complexity index is 214. The Kier molecular flexibility index (Phi) is 5.50. The molecule has 0 amide bonds. The predicted molar refractivity (Wildman–Crippen MR) is 77.3 cm³/mol. The van der Waals surface area contributed by atoms with Crippen LogP contribution in [0.4, 0.5) is 0 Å². The molecule has 17 heavy (non-hydrogen) atoms. The van der Waals surface area contributed by atoms with Gasteiger partial charge >= 0.3 is 0 Å². The summed E-state index contributed by atoms with van der Waals surface area (Å²) in [6, 6.07) is 1.37. The minimum Gasteiger partial charge on any atom is -0.311 e. The maximum Gasteiger partial charge on any atom is 0.00898 e. The number of hydrogen-bond acceptors (Lipinski definition) is 1. The highest BCUT2D eigenvalue weighted by Gasteiger charge is 2.25. The van der Waals surface area contributed by atoms with Crippen molar-refractivity contribution in [1.82, 2.24) is 5.32 Å². The summed E-state index contributed by atoms with van der Waals surface area (Å²) in [4.78, 5) is 0. The summed E-state index contributed by atoms with van der Waals surface area (Å²) in [7, 11) is 0. The normalized spacial score (nSPS) is 29.1. The van der Waals surface area contributed by atoms with Crippen molar-refractivity contribution in [2.24, 2.45) is 17.3 Å². The van der Waals surface area contributed by atoms with Gasteiger partial charge in [-0.2, -0.15) is 0 Å². The fraction of sp³-hybridized carbons (Fsp3) is 1.00. The van der Waals surface area contributed by atoms with Gasteiger partial charge in [0, 0.05) is 12.1 Å². The first-order valence-electron chi connectivity index (χ1n) is 7.56. The number of hydrogen-bond donors (Lipinski definition) is 1. The molecule has 1 fully saturated rings. The molecule has 1 aliphatic carbocycles. The second-order valence-corrected chi connectivity index (χ2v) is 7.46. The molecule has 0 spiro atoms. The number of rotatable bonds is 3. The third-order valence-electron chi connectivity index (χ3n) is 4.74. The average molecular weight is 239 g/mol. The lowest BCUT2D eigenvalue weighted by Gasteiger charge is -2.32. The summed E-state index contributed by atoms with van der Waals surface area (Å²) >= 11 is 0. The van der Waals surface area contributed by atoms with Crippen LogP contribution in [0.3, 0.4) is 0 Å². The largest absolute Gasteiger partial charge is 0.311 e. The third-order valence-corrected chi connectivity index (χ3v) is 4.74. The fourth-order valence-electron chi connectivity index (χ4n) is 2.77. The zero-order valence-electron chi connectivity index (χ0n) is 12.8. The molecule has 1 rings (SSSR count). The Morgan fingerprint density at radius 1 is 0.941 bits per heavy atom. The monoisotopic (exact) mass is 239 g/mol. The summed E-state index contributed by atoms with van der Waals surface area (Å²) in [6.45, 7) is 14.1. The van der Waals surface area contributed by atoms with Crippen LogP contribution in [0.1, 0.15) is 73.6 Å². The van der Waals surface area contributed by atoms with Crippen LogP contribution in [0.15, 0.2) is 0 Å². The van der Waals surface area contributed by atoms with E-state index in [1.807, 2.05) is 0 Å². The molecule has 1 heteroatoms. The molecule has 3 atom stereocenters. The van der Waals surface area contributed by atoms with E-state index < -0.39 is 0 Å². The van der Waals surface area contributed by atoms with Crippen LogP contribution in [-0.2, 0) is 0 Å². The zero-order valence-corrected chi connectivity index (χ0v) is 12.8. The van der Waals surface area contributed by atoms with E-state index >= 15 is 0 Å². The highest BCUT2D eigenvalue weighted by atomic mass is 15.0. The molecule has 0 bridgehead atoms. The van der Waals surface area contributed by atoms with Crippen LogP contribution in [0.5, 0.6) is 0 Å². The maximum atomic E-state index is 3.86. The molecular weight excluding hydrogens is 206 g/mol. The lowest BCUT2D eigenvalue weighted by atomic mass is 9.87. The Balaban J connectivity index is 2.42. The molecule has 0 aliphatic heterocycles. The molecule has 1 nitrogen and oxygen atoms in total. The summed E-state index contributed by atoms with van der Waals surface area (Å²) < 4.78 is 0. The van der Waals surface area contributed by atoms with Gasteiger partial charge in [0.1, 0.15) is 0 Å². The quantitative estimate of drug-likeness (QED) is 0.709. The van der Waals surface area contributed by atoms with Crippen LogP contribution < -0.4 is 5.32 Å². The van der Waals surface area contributed by atoms with Crippen molar-refractivity contribution in [2.45, 2.75) is 85.7 Å². The van der Waals surface area contributed by atoms with E-state index in [1.54, 1.807) is 0 Å². The Hall–Kier alpha value is -0.0400. The second-order valence-electron chi connectivity index (χ2n) is 7.46. The second kappa shape index (κ2) is 6.22. The van der Waals surface area contributed by atoms with E-state index in [0.29, 0.717) is 11.5 Å². The van der Waals surface area contributed by atoms with E-state index in [1.165, 1.54) is 32.1 Å². The maximum absolute atomic E-state index is 3.86. The molecule has 0 aromatic heterocycles. The predicted octanol–water partition coefficient (Wildman–Crippen LogP) is 4.62. The van der Waals surface area contributed by atoms with Crippen molar-refractivity contribution in [1.29, 1.82) is 0 Å². The fourth-order valence-corrected chi connectivity index (χ4v) is 2.77. The van der Waals surface area contributed by atoms with Gasteiger partial charge in [0.15, 0.2) is 0 Å². The van der Waals surface area contributed by atoms with E-state index in [-0.39, 0.29) is 0 Å². The van der Waals surface area contributed by atoms with E-state index in [4.69, 9.17) is 0 Å². The first-order valence-corrected chi connectivity index (χ1v) is 7.56. The van der Waals surface area contributed by atoms with Gasteiger partial charge in [-0.15, -0.1) is 0 Å². The molecule has 1 saturated carbocycles. The smallest absolute Gasteiger partial charge is 0.00898 e.